The van der Waals surface area contributed by atoms with Crippen LogP contribution in [-0.2, 0) is 7.05 Å². The van der Waals surface area contributed by atoms with Gasteiger partial charge in [0.25, 0.3) is 5.91 Å². The molecule has 3 rings (SSSR count). The van der Waals surface area contributed by atoms with E-state index in [4.69, 9.17) is 0 Å². The van der Waals surface area contributed by atoms with Crippen LogP contribution in [0.5, 0.6) is 0 Å². The van der Waals surface area contributed by atoms with Gasteiger partial charge in [-0.05, 0) is 12.1 Å². The van der Waals surface area contributed by atoms with Gasteiger partial charge in [0.1, 0.15) is 5.69 Å². The molecule has 6 nitrogen and oxygen atoms in total. The van der Waals surface area contributed by atoms with Crippen LogP contribution in [0.15, 0.2) is 36.8 Å². The molecule has 1 aliphatic heterocycles. The van der Waals surface area contributed by atoms with Crippen LogP contribution < -0.4 is 4.90 Å². The van der Waals surface area contributed by atoms with Crippen molar-refractivity contribution in [3.63, 3.8) is 0 Å². The van der Waals surface area contributed by atoms with Gasteiger partial charge in [-0.1, -0.05) is 6.07 Å². The van der Waals surface area contributed by atoms with Gasteiger partial charge in [0, 0.05) is 51.8 Å². The largest absolute Gasteiger partial charge is 0.339 e. The van der Waals surface area contributed by atoms with E-state index in [1.165, 1.54) is 0 Å². The monoisotopic (exact) mass is 271 g/mol. The molecule has 1 amide bonds. The summed E-state index contributed by atoms with van der Waals surface area (Å²) in [5.74, 6) is 0.958. The van der Waals surface area contributed by atoms with E-state index in [1.54, 1.807) is 18.5 Å². The standard InChI is InChI=1S/C14H17N5O/c1-17-7-6-16-14(17)19-10-8-18(9-11-19)13(20)12-4-2-3-5-15-12/h2-7H,8-11H2,1H3. The number of carbonyl (C=O) groups is 1. The normalized spacial score (nSPS) is 15.4. The number of imidazole rings is 1. The molecule has 1 aliphatic rings. The summed E-state index contributed by atoms with van der Waals surface area (Å²) in [6.45, 7) is 2.98. The quantitative estimate of drug-likeness (QED) is 0.810. The fraction of sp³-hybridized carbons (Fsp3) is 0.357. The number of piperazine rings is 1. The summed E-state index contributed by atoms with van der Waals surface area (Å²) in [6, 6.07) is 5.41. The van der Waals surface area contributed by atoms with Crippen LogP contribution in [0.1, 0.15) is 10.5 Å². The Labute approximate surface area is 117 Å². The fourth-order valence-electron chi connectivity index (χ4n) is 2.42. The first-order valence-electron chi connectivity index (χ1n) is 6.68. The summed E-state index contributed by atoms with van der Waals surface area (Å²) in [5.41, 5.74) is 0.512. The van der Waals surface area contributed by atoms with E-state index in [0.29, 0.717) is 18.8 Å². The average Bonchev–Trinajstić information content (AvgIpc) is 2.94. The first-order valence-corrected chi connectivity index (χ1v) is 6.68. The van der Waals surface area contributed by atoms with Crippen molar-refractivity contribution in [2.45, 2.75) is 0 Å². The first-order chi connectivity index (χ1) is 9.75. The number of hydrogen-bond acceptors (Lipinski definition) is 4. The lowest BCUT2D eigenvalue weighted by Gasteiger charge is -2.35. The van der Waals surface area contributed by atoms with E-state index < -0.39 is 0 Å². The number of amides is 1. The van der Waals surface area contributed by atoms with E-state index in [-0.39, 0.29) is 5.91 Å². The molecule has 6 heteroatoms. The van der Waals surface area contributed by atoms with Gasteiger partial charge in [0.15, 0.2) is 0 Å². The lowest BCUT2D eigenvalue weighted by atomic mass is 10.2. The summed E-state index contributed by atoms with van der Waals surface area (Å²) in [7, 11) is 1.98. The molecular formula is C14H17N5O. The Morgan fingerprint density at radius 3 is 2.50 bits per heavy atom. The van der Waals surface area contributed by atoms with Crippen LogP contribution >= 0.6 is 0 Å². The van der Waals surface area contributed by atoms with Crippen molar-refractivity contribution in [2.75, 3.05) is 31.1 Å². The molecule has 0 aliphatic carbocycles. The third-order valence-electron chi connectivity index (χ3n) is 3.53. The molecule has 1 fully saturated rings. The van der Waals surface area contributed by atoms with Crippen molar-refractivity contribution >= 4 is 11.9 Å². The first kappa shape index (κ1) is 12.7. The van der Waals surface area contributed by atoms with Crippen molar-refractivity contribution in [3.8, 4) is 0 Å². The molecule has 0 unspecified atom stereocenters. The van der Waals surface area contributed by atoms with Gasteiger partial charge < -0.3 is 14.4 Å². The fourth-order valence-corrected chi connectivity index (χ4v) is 2.42. The van der Waals surface area contributed by atoms with Crippen molar-refractivity contribution in [2.24, 2.45) is 7.05 Å². The van der Waals surface area contributed by atoms with Crippen molar-refractivity contribution in [1.29, 1.82) is 0 Å². The van der Waals surface area contributed by atoms with Crippen LogP contribution in [-0.4, -0.2) is 51.5 Å². The number of anilines is 1. The maximum atomic E-state index is 12.3. The zero-order valence-corrected chi connectivity index (χ0v) is 11.4. The second-order valence-corrected chi connectivity index (χ2v) is 4.83. The lowest BCUT2D eigenvalue weighted by molar-refractivity contribution is 0.0740. The summed E-state index contributed by atoms with van der Waals surface area (Å²) in [4.78, 5) is 24.8. The number of rotatable bonds is 2. The Bertz CT molecular complexity index is 587. The summed E-state index contributed by atoms with van der Waals surface area (Å²) < 4.78 is 2.00. The Hall–Kier alpha value is -2.37. The molecule has 20 heavy (non-hydrogen) atoms. The highest BCUT2D eigenvalue weighted by Gasteiger charge is 2.24. The minimum atomic E-state index is 0.00471. The lowest BCUT2D eigenvalue weighted by Crippen LogP contribution is -2.49. The van der Waals surface area contributed by atoms with Crippen molar-refractivity contribution < 1.29 is 4.79 Å². The van der Waals surface area contributed by atoms with Crippen molar-refractivity contribution in [3.05, 3.63) is 42.5 Å². The number of carbonyl (C=O) groups excluding carboxylic acids is 1. The minimum Gasteiger partial charge on any atom is -0.339 e. The average molecular weight is 271 g/mol. The van der Waals surface area contributed by atoms with Gasteiger partial charge in [-0.2, -0.15) is 0 Å². The maximum absolute atomic E-state index is 12.3. The second kappa shape index (κ2) is 5.32. The highest BCUT2D eigenvalue weighted by Crippen LogP contribution is 2.14. The third-order valence-corrected chi connectivity index (χ3v) is 3.53. The number of aryl methyl sites for hydroxylation is 1. The van der Waals surface area contributed by atoms with E-state index in [9.17, 15) is 4.79 Å². The Kier molecular flexibility index (Phi) is 3.37. The van der Waals surface area contributed by atoms with Crippen LogP contribution in [0, 0.1) is 0 Å². The molecule has 0 atom stereocenters. The highest BCUT2D eigenvalue weighted by molar-refractivity contribution is 5.92. The number of aromatic nitrogens is 3. The van der Waals surface area contributed by atoms with Gasteiger partial charge in [-0.15, -0.1) is 0 Å². The summed E-state index contributed by atoms with van der Waals surface area (Å²) >= 11 is 0. The number of hydrogen-bond donors (Lipinski definition) is 0. The second-order valence-electron chi connectivity index (χ2n) is 4.83. The van der Waals surface area contributed by atoms with Crippen LogP contribution in [0.4, 0.5) is 5.95 Å². The molecule has 1 saturated heterocycles. The molecule has 0 radical (unpaired) electrons. The van der Waals surface area contributed by atoms with Gasteiger partial charge >= 0.3 is 0 Å². The molecule has 0 N–H and O–H groups in total. The summed E-state index contributed by atoms with van der Waals surface area (Å²) in [6.07, 6.45) is 5.37. The molecule has 2 aromatic heterocycles. The predicted molar refractivity (Wildman–Crippen MR) is 75.6 cm³/mol. The predicted octanol–water partition coefficient (Wildman–Crippen LogP) is 0.778. The van der Waals surface area contributed by atoms with E-state index >= 15 is 0 Å². The van der Waals surface area contributed by atoms with Gasteiger partial charge in [0.05, 0.1) is 0 Å². The molecule has 104 valence electrons. The summed E-state index contributed by atoms with van der Waals surface area (Å²) in [5, 5.41) is 0. The van der Waals surface area contributed by atoms with Gasteiger partial charge in [0.2, 0.25) is 5.95 Å². The Balaban J connectivity index is 1.64. The van der Waals surface area contributed by atoms with Gasteiger partial charge in [-0.3, -0.25) is 9.78 Å². The molecule has 0 saturated carbocycles. The minimum absolute atomic E-state index is 0.00471. The Morgan fingerprint density at radius 2 is 1.90 bits per heavy atom. The maximum Gasteiger partial charge on any atom is 0.272 e. The van der Waals surface area contributed by atoms with Crippen LogP contribution in [0.3, 0.4) is 0 Å². The van der Waals surface area contributed by atoms with Gasteiger partial charge in [-0.25, -0.2) is 4.98 Å². The third kappa shape index (κ3) is 2.36. The number of pyridine rings is 1. The van der Waals surface area contributed by atoms with E-state index in [1.807, 2.05) is 34.8 Å². The molecule has 0 aromatic carbocycles. The Morgan fingerprint density at radius 1 is 1.10 bits per heavy atom. The molecular weight excluding hydrogens is 254 g/mol. The topological polar surface area (TPSA) is 54.3 Å². The smallest absolute Gasteiger partial charge is 0.272 e. The SMILES string of the molecule is Cn1ccnc1N1CCN(C(=O)c2ccccn2)CC1. The zero-order chi connectivity index (χ0) is 13.9. The molecule has 0 spiro atoms. The molecule has 0 bridgehead atoms. The molecule has 3 heterocycles. The van der Waals surface area contributed by atoms with Crippen LogP contribution in [0.2, 0.25) is 0 Å². The molecule has 2 aromatic rings. The highest BCUT2D eigenvalue weighted by atomic mass is 16.2. The van der Waals surface area contributed by atoms with E-state index in [2.05, 4.69) is 14.9 Å². The van der Waals surface area contributed by atoms with E-state index in [0.717, 1.165) is 19.0 Å². The van der Waals surface area contributed by atoms with Crippen molar-refractivity contribution in [1.82, 2.24) is 19.4 Å². The van der Waals surface area contributed by atoms with Crippen LogP contribution in [0.25, 0.3) is 0 Å². The number of nitrogens with zero attached hydrogens (tertiary/aromatic N) is 5. The zero-order valence-electron chi connectivity index (χ0n) is 11.4.